The van der Waals surface area contributed by atoms with E-state index in [4.69, 9.17) is 9.47 Å². The topological polar surface area (TPSA) is 63.9 Å². The summed E-state index contributed by atoms with van der Waals surface area (Å²) in [6, 6.07) is 7.01. The Bertz CT molecular complexity index is 557. The third kappa shape index (κ3) is 3.01. The Morgan fingerprint density at radius 1 is 1.21 bits per heavy atom. The second-order valence-corrected chi connectivity index (χ2v) is 3.74. The van der Waals surface area contributed by atoms with Crippen LogP contribution in [0.1, 0.15) is 5.56 Å². The molecule has 0 aliphatic heterocycles. The number of phenolic OH excluding ortho intramolecular Hbond substituents is 1. The van der Waals surface area contributed by atoms with Gasteiger partial charge in [0.25, 0.3) is 0 Å². The number of nitrogens with zero attached hydrogens (tertiary/aromatic N) is 2. The lowest BCUT2D eigenvalue weighted by Crippen LogP contribution is -1.92. The first-order chi connectivity index (χ1) is 9.24. The molecule has 0 spiro atoms. The van der Waals surface area contributed by atoms with Crippen LogP contribution >= 0.6 is 0 Å². The van der Waals surface area contributed by atoms with Gasteiger partial charge in [-0.1, -0.05) is 0 Å². The molecule has 0 fully saturated rings. The van der Waals surface area contributed by atoms with Crippen LogP contribution in [0.2, 0.25) is 0 Å². The van der Waals surface area contributed by atoms with Crippen LogP contribution in [0.25, 0.3) is 0 Å². The maximum absolute atomic E-state index is 9.79. The van der Waals surface area contributed by atoms with Crippen molar-refractivity contribution < 1.29 is 14.6 Å². The highest BCUT2D eigenvalue weighted by atomic mass is 16.5. The number of pyridine rings is 1. The summed E-state index contributed by atoms with van der Waals surface area (Å²) in [5.74, 6) is 0.655. The van der Waals surface area contributed by atoms with Gasteiger partial charge >= 0.3 is 0 Å². The highest BCUT2D eigenvalue weighted by Gasteiger charge is 2.09. The van der Waals surface area contributed by atoms with Crippen molar-refractivity contribution in [3.8, 4) is 17.2 Å². The fourth-order valence-electron chi connectivity index (χ4n) is 1.57. The van der Waals surface area contributed by atoms with E-state index in [1.165, 1.54) is 14.2 Å². The zero-order chi connectivity index (χ0) is 13.7. The Morgan fingerprint density at radius 3 is 2.42 bits per heavy atom. The van der Waals surface area contributed by atoms with Gasteiger partial charge in [-0.25, -0.2) is 0 Å². The van der Waals surface area contributed by atoms with Crippen molar-refractivity contribution in [2.24, 2.45) is 4.99 Å². The van der Waals surface area contributed by atoms with E-state index in [2.05, 4.69) is 9.98 Å². The van der Waals surface area contributed by atoms with Crippen LogP contribution in [-0.4, -0.2) is 30.5 Å². The molecule has 5 heteroatoms. The van der Waals surface area contributed by atoms with Gasteiger partial charge in [-0.05, 0) is 24.3 Å². The summed E-state index contributed by atoms with van der Waals surface area (Å²) in [5.41, 5.74) is 1.50. The van der Waals surface area contributed by atoms with Crippen LogP contribution in [0.3, 0.4) is 0 Å². The third-order valence-electron chi connectivity index (χ3n) is 2.51. The number of hydrogen-bond donors (Lipinski definition) is 1. The summed E-state index contributed by atoms with van der Waals surface area (Å²) in [7, 11) is 2.97. The molecule has 1 heterocycles. The van der Waals surface area contributed by atoms with Crippen LogP contribution in [-0.2, 0) is 0 Å². The second kappa shape index (κ2) is 5.86. The van der Waals surface area contributed by atoms with Gasteiger partial charge < -0.3 is 14.6 Å². The fourth-order valence-corrected chi connectivity index (χ4v) is 1.57. The maximum atomic E-state index is 9.79. The molecule has 0 atom stereocenters. The number of rotatable bonds is 4. The lowest BCUT2D eigenvalue weighted by atomic mass is 10.2. The lowest BCUT2D eigenvalue weighted by molar-refractivity contribution is 0.340. The number of hydrogen-bond acceptors (Lipinski definition) is 5. The molecule has 0 saturated heterocycles. The number of phenols is 1. The van der Waals surface area contributed by atoms with Crippen molar-refractivity contribution in [3.63, 3.8) is 0 Å². The minimum absolute atomic E-state index is 0.0245. The zero-order valence-corrected chi connectivity index (χ0v) is 10.7. The molecule has 1 N–H and O–H groups in total. The van der Waals surface area contributed by atoms with E-state index in [1.807, 2.05) is 12.1 Å². The smallest absolute Gasteiger partial charge is 0.200 e. The first kappa shape index (κ1) is 12.9. The molecule has 1 aromatic carbocycles. The quantitative estimate of drug-likeness (QED) is 0.856. The van der Waals surface area contributed by atoms with Crippen LogP contribution in [0.15, 0.2) is 41.7 Å². The largest absolute Gasteiger partial charge is 0.502 e. The minimum Gasteiger partial charge on any atom is -0.502 e. The number of aromatic hydroxyl groups is 1. The highest BCUT2D eigenvalue weighted by molar-refractivity contribution is 5.84. The van der Waals surface area contributed by atoms with E-state index >= 15 is 0 Å². The predicted octanol–water partition coefficient (Wildman–Crippen LogP) is 2.56. The maximum Gasteiger partial charge on any atom is 0.200 e. The van der Waals surface area contributed by atoms with Crippen molar-refractivity contribution in [2.45, 2.75) is 0 Å². The Kier molecular flexibility index (Phi) is 3.97. The average Bonchev–Trinajstić information content (AvgIpc) is 2.47. The number of aliphatic imine (C=N–C) groups is 1. The summed E-state index contributed by atoms with van der Waals surface area (Å²) in [6.45, 7) is 0. The Morgan fingerprint density at radius 2 is 1.89 bits per heavy atom. The van der Waals surface area contributed by atoms with Crippen LogP contribution < -0.4 is 9.47 Å². The molecule has 0 saturated carbocycles. The number of ether oxygens (including phenoxy) is 2. The van der Waals surface area contributed by atoms with Gasteiger partial charge in [-0.15, -0.1) is 0 Å². The molecule has 19 heavy (non-hydrogen) atoms. The van der Waals surface area contributed by atoms with E-state index in [9.17, 15) is 5.11 Å². The van der Waals surface area contributed by atoms with Gasteiger partial charge in [-0.3, -0.25) is 9.98 Å². The van der Waals surface area contributed by atoms with Gasteiger partial charge in [0.2, 0.25) is 5.75 Å². The first-order valence-electron chi connectivity index (χ1n) is 5.63. The van der Waals surface area contributed by atoms with Gasteiger partial charge in [0.05, 0.1) is 26.1 Å². The van der Waals surface area contributed by atoms with Gasteiger partial charge in [-0.2, -0.15) is 0 Å². The Hall–Kier alpha value is -2.56. The van der Waals surface area contributed by atoms with Crippen LogP contribution in [0.5, 0.6) is 17.2 Å². The van der Waals surface area contributed by atoms with E-state index in [1.54, 1.807) is 30.7 Å². The van der Waals surface area contributed by atoms with E-state index < -0.39 is 0 Å². The zero-order valence-electron chi connectivity index (χ0n) is 10.7. The van der Waals surface area contributed by atoms with Gasteiger partial charge in [0, 0.05) is 18.0 Å². The van der Waals surface area contributed by atoms with Crippen molar-refractivity contribution in [1.29, 1.82) is 0 Å². The minimum atomic E-state index is -0.0245. The molecular formula is C14H14N2O3. The number of benzene rings is 1. The summed E-state index contributed by atoms with van der Waals surface area (Å²) in [6.07, 6.45) is 5.00. The molecule has 0 radical (unpaired) electrons. The van der Waals surface area contributed by atoms with Crippen LogP contribution in [0, 0.1) is 0 Å². The van der Waals surface area contributed by atoms with Crippen molar-refractivity contribution in [3.05, 3.63) is 42.2 Å². The summed E-state index contributed by atoms with van der Waals surface area (Å²) >= 11 is 0. The summed E-state index contributed by atoms with van der Waals surface area (Å²) in [4.78, 5) is 8.25. The van der Waals surface area contributed by atoms with Crippen molar-refractivity contribution in [1.82, 2.24) is 4.98 Å². The molecule has 0 bridgehead atoms. The Balaban J connectivity index is 2.33. The molecule has 5 nitrogen and oxygen atoms in total. The van der Waals surface area contributed by atoms with Gasteiger partial charge in [0.1, 0.15) is 0 Å². The van der Waals surface area contributed by atoms with Crippen LogP contribution in [0.4, 0.5) is 5.69 Å². The molecule has 0 aliphatic rings. The molecule has 0 unspecified atom stereocenters. The Labute approximate surface area is 111 Å². The summed E-state index contributed by atoms with van der Waals surface area (Å²) in [5, 5.41) is 9.79. The van der Waals surface area contributed by atoms with Gasteiger partial charge in [0.15, 0.2) is 11.5 Å². The first-order valence-corrected chi connectivity index (χ1v) is 5.63. The van der Waals surface area contributed by atoms with E-state index in [-0.39, 0.29) is 5.75 Å². The normalized spacial score (nSPS) is 10.6. The van der Waals surface area contributed by atoms with Crippen molar-refractivity contribution in [2.75, 3.05) is 14.2 Å². The molecular weight excluding hydrogens is 244 g/mol. The predicted molar refractivity (Wildman–Crippen MR) is 72.7 cm³/mol. The van der Waals surface area contributed by atoms with E-state index in [0.29, 0.717) is 11.5 Å². The highest BCUT2D eigenvalue weighted by Crippen LogP contribution is 2.36. The molecule has 98 valence electrons. The summed E-state index contributed by atoms with van der Waals surface area (Å²) < 4.78 is 10.2. The molecule has 2 aromatic rings. The molecule has 0 amide bonds. The fraction of sp³-hybridized carbons (Fsp3) is 0.143. The molecule has 1 aromatic heterocycles. The van der Waals surface area contributed by atoms with Crippen molar-refractivity contribution >= 4 is 11.9 Å². The second-order valence-electron chi connectivity index (χ2n) is 3.74. The third-order valence-corrected chi connectivity index (χ3v) is 2.51. The lowest BCUT2D eigenvalue weighted by Gasteiger charge is -2.09. The number of methoxy groups -OCH3 is 2. The number of aromatic nitrogens is 1. The molecule has 0 aliphatic carbocycles. The SMILES string of the molecule is COc1cc(C=Nc2cccnc2)cc(OC)c1O. The monoisotopic (exact) mass is 258 g/mol. The van der Waals surface area contributed by atoms with E-state index in [0.717, 1.165) is 11.3 Å². The molecule has 2 rings (SSSR count). The average molecular weight is 258 g/mol. The standard InChI is InChI=1S/C14H14N2O3/c1-18-12-6-10(7-13(19-2)14(12)17)8-16-11-4-3-5-15-9-11/h3-9,17H,1-2H3.